The number of thioether (sulfide) groups is 1. The molecule has 4 aromatic carbocycles. The predicted octanol–water partition coefficient (Wildman–Crippen LogP) is 9.28. The second-order valence-corrected chi connectivity index (χ2v) is 12.4. The number of fused-ring (bicyclic) bond motifs is 3. The van der Waals surface area contributed by atoms with E-state index in [1.54, 1.807) is 23.9 Å². The van der Waals surface area contributed by atoms with E-state index in [2.05, 4.69) is 28.8 Å². The molecule has 0 spiro atoms. The maximum absolute atomic E-state index is 13.9. The lowest BCUT2D eigenvalue weighted by Crippen LogP contribution is -2.17. The normalized spacial score (nSPS) is 11.9. The fourth-order valence-corrected chi connectivity index (χ4v) is 6.31. The van der Waals surface area contributed by atoms with Gasteiger partial charge in [-0.3, -0.25) is 9.59 Å². The van der Waals surface area contributed by atoms with Gasteiger partial charge in [-0.15, -0.1) is 11.8 Å². The highest BCUT2D eigenvalue weighted by Crippen LogP contribution is 2.32. The predicted molar refractivity (Wildman–Crippen MR) is 188 cm³/mol. The van der Waals surface area contributed by atoms with Gasteiger partial charge in [0, 0.05) is 68.2 Å². The van der Waals surface area contributed by atoms with Crippen LogP contribution >= 0.6 is 11.8 Å². The van der Waals surface area contributed by atoms with Gasteiger partial charge < -0.3 is 9.40 Å². The number of oxime groups is 1. The van der Waals surface area contributed by atoms with Gasteiger partial charge in [0.25, 0.3) is 0 Å². The first-order chi connectivity index (χ1) is 22.3. The summed E-state index contributed by atoms with van der Waals surface area (Å²) in [5.41, 5.74) is 5.92. The zero-order chi connectivity index (χ0) is 32.6. The van der Waals surface area contributed by atoms with E-state index in [4.69, 9.17) is 4.84 Å². The number of aryl methyl sites for hydroxylation is 3. The van der Waals surface area contributed by atoms with Gasteiger partial charge in [-0.05, 0) is 81.3 Å². The summed E-state index contributed by atoms with van der Waals surface area (Å²) in [6, 6.07) is 27.1. The fourth-order valence-electron chi connectivity index (χ4n) is 5.45. The van der Waals surface area contributed by atoms with Crippen LogP contribution in [0.1, 0.15) is 70.5 Å². The van der Waals surface area contributed by atoms with Crippen LogP contribution in [0, 0.1) is 13.8 Å². The van der Waals surface area contributed by atoms with Gasteiger partial charge >= 0.3 is 5.97 Å². The van der Waals surface area contributed by atoms with Crippen molar-refractivity contribution in [1.82, 2.24) is 4.57 Å². The summed E-state index contributed by atoms with van der Waals surface area (Å²) >= 11 is 1.61. The Hall–Kier alpha value is -4.75. The maximum atomic E-state index is 13.9. The molecule has 5 rings (SSSR count). The molecule has 0 aliphatic carbocycles. The summed E-state index contributed by atoms with van der Waals surface area (Å²) in [7, 11) is 0. The Kier molecular flexibility index (Phi) is 10.7. The van der Waals surface area contributed by atoms with Gasteiger partial charge in [0.1, 0.15) is 5.71 Å². The van der Waals surface area contributed by atoms with Gasteiger partial charge in [0.15, 0.2) is 5.78 Å². The number of carbonyl (C=O) groups excluding carboxylic acids is 3. The van der Waals surface area contributed by atoms with Gasteiger partial charge in [-0.25, -0.2) is 4.79 Å². The molecule has 0 bridgehead atoms. The second-order valence-electron chi connectivity index (χ2n) is 11.2. The van der Waals surface area contributed by atoms with Crippen molar-refractivity contribution in [1.29, 1.82) is 0 Å². The van der Waals surface area contributed by atoms with Crippen molar-refractivity contribution in [3.63, 3.8) is 0 Å². The molecule has 0 saturated heterocycles. The molecule has 1 heterocycles. The van der Waals surface area contributed by atoms with Crippen molar-refractivity contribution < 1.29 is 19.2 Å². The largest absolute Gasteiger partial charge is 0.358 e. The summed E-state index contributed by atoms with van der Waals surface area (Å²) in [6.07, 6.45) is 5.06. The monoisotopic (exact) mass is 630 g/mol. The molecular formula is C39H38N2O4S. The van der Waals surface area contributed by atoms with E-state index in [9.17, 15) is 14.4 Å². The van der Waals surface area contributed by atoms with Crippen LogP contribution in [0.25, 0.3) is 21.8 Å². The number of hydrogen-bond acceptors (Lipinski definition) is 6. The van der Waals surface area contributed by atoms with Crippen LogP contribution in [-0.4, -0.2) is 33.6 Å². The Morgan fingerprint density at radius 3 is 2.20 bits per heavy atom. The molecule has 0 radical (unpaired) electrons. The van der Waals surface area contributed by atoms with Crippen molar-refractivity contribution in [3.05, 3.63) is 125 Å². The number of Topliss-reactive ketones (excluding diaryl/α,β-unsaturated/α-hetero) is 1. The van der Waals surface area contributed by atoms with Crippen LogP contribution in [-0.2, 0) is 16.2 Å². The summed E-state index contributed by atoms with van der Waals surface area (Å²) in [4.78, 5) is 46.0. The third-order valence-corrected chi connectivity index (χ3v) is 8.95. The van der Waals surface area contributed by atoms with E-state index >= 15 is 0 Å². The van der Waals surface area contributed by atoms with E-state index in [1.807, 2.05) is 87.5 Å². The number of rotatable bonds is 13. The molecule has 7 heteroatoms. The zero-order valence-electron chi connectivity index (χ0n) is 26.7. The van der Waals surface area contributed by atoms with Crippen molar-refractivity contribution in [2.75, 3.05) is 5.75 Å². The molecule has 46 heavy (non-hydrogen) atoms. The van der Waals surface area contributed by atoms with Crippen molar-refractivity contribution in [2.24, 2.45) is 5.16 Å². The maximum Gasteiger partial charge on any atom is 0.358 e. The lowest BCUT2D eigenvalue weighted by atomic mass is 9.97. The lowest BCUT2D eigenvalue weighted by Gasteiger charge is -2.07. The van der Waals surface area contributed by atoms with Crippen molar-refractivity contribution >= 4 is 56.8 Å². The summed E-state index contributed by atoms with van der Waals surface area (Å²) in [5.74, 6) is -0.378. The number of unbranched alkanes of at least 4 members (excludes halogenated alkanes) is 1. The van der Waals surface area contributed by atoms with Crippen LogP contribution in [0.15, 0.2) is 107 Å². The summed E-state index contributed by atoms with van der Waals surface area (Å²) in [5, 5.41) is 5.84. The minimum Gasteiger partial charge on any atom is -0.341 e. The number of carbonyl (C=O) groups is 3. The molecule has 234 valence electrons. The van der Waals surface area contributed by atoms with E-state index in [0.29, 0.717) is 28.9 Å². The number of benzene rings is 4. The Bertz CT molecular complexity index is 1970. The Morgan fingerprint density at radius 1 is 0.848 bits per heavy atom. The van der Waals surface area contributed by atoms with E-state index in [1.165, 1.54) is 11.6 Å². The smallest absolute Gasteiger partial charge is 0.341 e. The molecule has 1 aromatic heterocycles. The topological polar surface area (TPSA) is 77.7 Å². The van der Waals surface area contributed by atoms with Gasteiger partial charge in [-0.1, -0.05) is 66.5 Å². The van der Waals surface area contributed by atoms with Gasteiger partial charge in [-0.2, -0.15) is 0 Å². The highest BCUT2D eigenvalue weighted by Gasteiger charge is 2.20. The van der Waals surface area contributed by atoms with Crippen LogP contribution < -0.4 is 0 Å². The molecule has 5 aromatic rings. The van der Waals surface area contributed by atoms with Crippen LogP contribution in [0.4, 0.5) is 0 Å². The lowest BCUT2D eigenvalue weighted by molar-refractivity contribution is -0.137. The minimum absolute atomic E-state index is 0.0417. The Morgan fingerprint density at radius 2 is 1.52 bits per heavy atom. The minimum atomic E-state index is -0.614. The molecule has 0 fully saturated rings. The first kappa shape index (κ1) is 32.6. The molecular weight excluding hydrogens is 593 g/mol. The standard InChI is InChI=1S/C39H38N2O4S/c1-5-7-8-13-37(42)45-40-34(22-23-46-30-18-14-26(3)15-19-30)39(44)29-17-21-36-33(25-29)32-24-28(16-20-35(32)41(36)6-2)38(43)31-12-10-9-11-27(31)4/h8-21,24-25H,5-7,22-23H2,1-4H3/b13-8+,40-34+. The van der Waals surface area contributed by atoms with Crippen molar-refractivity contribution in [2.45, 2.75) is 58.4 Å². The van der Waals surface area contributed by atoms with E-state index < -0.39 is 5.97 Å². The molecule has 0 atom stereocenters. The zero-order valence-corrected chi connectivity index (χ0v) is 27.5. The number of aromatic nitrogens is 1. The summed E-state index contributed by atoms with van der Waals surface area (Å²) < 4.78 is 2.18. The van der Waals surface area contributed by atoms with E-state index in [-0.39, 0.29) is 17.3 Å². The van der Waals surface area contributed by atoms with Crippen LogP contribution in [0.2, 0.25) is 0 Å². The molecule has 6 nitrogen and oxygen atoms in total. The van der Waals surface area contributed by atoms with Crippen LogP contribution in [0.5, 0.6) is 0 Å². The molecule has 0 aliphatic heterocycles. The molecule has 0 N–H and O–H groups in total. The number of ketones is 2. The molecule has 0 unspecified atom stereocenters. The highest BCUT2D eigenvalue weighted by atomic mass is 32.2. The molecule has 0 amide bonds. The number of hydrogen-bond donors (Lipinski definition) is 0. The Labute approximate surface area is 274 Å². The average Bonchev–Trinajstić information content (AvgIpc) is 3.39. The van der Waals surface area contributed by atoms with Gasteiger partial charge in [0.2, 0.25) is 5.78 Å². The summed E-state index contributed by atoms with van der Waals surface area (Å²) in [6.45, 7) is 8.80. The third kappa shape index (κ3) is 7.37. The average molecular weight is 631 g/mol. The number of allylic oxidation sites excluding steroid dienone is 1. The van der Waals surface area contributed by atoms with Crippen molar-refractivity contribution in [3.8, 4) is 0 Å². The molecule has 0 saturated carbocycles. The molecule has 0 aliphatic rings. The second kappa shape index (κ2) is 15.0. The Balaban J connectivity index is 1.49. The fraction of sp³-hybridized carbons (Fsp3) is 0.231. The SMILES string of the molecule is CCC/C=C/C(=O)O/N=C(\CCSc1ccc(C)cc1)C(=O)c1ccc2c(c1)c1cc(C(=O)c3ccccc3C)ccc1n2CC. The highest BCUT2D eigenvalue weighted by molar-refractivity contribution is 7.99. The first-order valence-corrected chi connectivity index (χ1v) is 16.6. The quantitative estimate of drug-likeness (QED) is 0.0324. The first-order valence-electron chi connectivity index (χ1n) is 15.7. The van der Waals surface area contributed by atoms with Gasteiger partial charge in [0.05, 0.1) is 0 Å². The number of nitrogens with zero attached hydrogens (tertiary/aromatic N) is 2. The van der Waals surface area contributed by atoms with Crippen LogP contribution in [0.3, 0.4) is 0 Å². The van der Waals surface area contributed by atoms with E-state index in [0.717, 1.165) is 51.7 Å². The third-order valence-electron chi connectivity index (χ3n) is 7.94.